The topological polar surface area (TPSA) is 60.9 Å². The van der Waals surface area contributed by atoms with Crippen molar-refractivity contribution < 1.29 is 14.7 Å². The summed E-state index contributed by atoms with van der Waals surface area (Å²) in [5, 5.41) is 9.25. The Bertz CT molecular complexity index is 353. The molecule has 1 N–H and O–H groups in total. The zero-order valence-corrected chi connectivity index (χ0v) is 12.4. The first-order valence-corrected chi connectivity index (χ1v) is 7.84. The van der Waals surface area contributed by atoms with Crippen LogP contribution in [0, 0.1) is 5.92 Å². The number of urea groups is 1. The number of nitrogens with zero attached hydrogens (tertiary/aromatic N) is 2. The molecule has 2 amide bonds. The van der Waals surface area contributed by atoms with Crippen molar-refractivity contribution in [3.05, 3.63) is 0 Å². The van der Waals surface area contributed by atoms with Gasteiger partial charge in [0.2, 0.25) is 0 Å². The highest BCUT2D eigenvalue weighted by Gasteiger charge is 2.33. The van der Waals surface area contributed by atoms with E-state index < -0.39 is 12.0 Å². The lowest BCUT2D eigenvalue weighted by Gasteiger charge is -2.37. The Morgan fingerprint density at radius 2 is 1.75 bits per heavy atom. The summed E-state index contributed by atoms with van der Waals surface area (Å²) in [7, 11) is 1.81. The molecule has 2 fully saturated rings. The summed E-state index contributed by atoms with van der Waals surface area (Å²) in [6, 6.07) is -0.743. The molecule has 1 saturated carbocycles. The fraction of sp³-hybridized carbons (Fsp3) is 0.867. The van der Waals surface area contributed by atoms with E-state index in [4.69, 9.17) is 0 Å². The molecule has 0 radical (unpaired) electrons. The predicted octanol–water partition coefficient (Wildman–Crippen LogP) is 2.56. The maximum atomic E-state index is 12.5. The highest BCUT2D eigenvalue weighted by atomic mass is 16.4. The maximum Gasteiger partial charge on any atom is 0.326 e. The van der Waals surface area contributed by atoms with E-state index in [2.05, 4.69) is 0 Å². The number of piperidine rings is 1. The number of carbonyl (C=O) groups is 2. The normalized spacial score (nSPS) is 24.4. The Morgan fingerprint density at radius 1 is 1.10 bits per heavy atom. The summed E-state index contributed by atoms with van der Waals surface area (Å²) in [6.45, 7) is 1.34. The first-order chi connectivity index (χ1) is 9.59. The molecule has 0 aromatic carbocycles. The van der Waals surface area contributed by atoms with Gasteiger partial charge in [0.25, 0.3) is 0 Å². The molecule has 0 bridgehead atoms. The van der Waals surface area contributed by atoms with Crippen LogP contribution in [0.3, 0.4) is 0 Å². The lowest BCUT2D eigenvalue weighted by atomic mass is 9.89. The molecule has 1 atom stereocenters. The number of carbonyl (C=O) groups excluding carboxylic acids is 1. The number of likely N-dealkylation sites (tertiary alicyclic amines) is 1. The number of rotatable bonds is 3. The van der Waals surface area contributed by atoms with Crippen LogP contribution in [0.2, 0.25) is 0 Å². The molecule has 0 spiro atoms. The monoisotopic (exact) mass is 282 g/mol. The average Bonchev–Trinajstić information content (AvgIpc) is 2.47. The molecule has 1 aliphatic heterocycles. The molecule has 0 aromatic rings. The Labute approximate surface area is 120 Å². The standard InChI is InChI=1S/C15H26N2O3/c1-16(11-12-7-3-2-4-8-12)15(20)17-10-6-5-9-13(17)14(18)19/h12-13H,2-11H2,1H3,(H,18,19). The van der Waals surface area contributed by atoms with Gasteiger partial charge in [-0.2, -0.15) is 0 Å². The van der Waals surface area contributed by atoms with E-state index in [1.165, 1.54) is 32.1 Å². The van der Waals surface area contributed by atoms with Crippen LogP contribution in [0.5, 0.6) is 0 Å². The van der Waals surface area contributed by atoms with Gasteiger partial charge in [-0.1, -0.05) is 19.3 Å². The first-order valence-electron chi connectivity index (χ1n) is 7.84. The summed E-state index contributed by atoms with van der Waals surface area (Å²) in [6.07, 6.45) is 8.60. The minimum absolute atomic E-state index is 0.109. The molecule has 5 nitrogen and oxygen atoms in total. The number of amides is 2. The molecule has 1 saturated heterocycles. The van der Waals surface area contributed by atoms with Gasteiger partial charge in [0.05, 0.1) is 0 Å². The van der Waals surface area contributed by atoms with Crippen molar-refractivity contribution in [3.8, 4) is 0 Å². The Kier molecular flexibility index (Phi) is 5.26. The van der Waals surface area contributed by atoms with Crippen molar-refractivity contribution in [3.63, 3.8) is 0 Å². The van der Waals surface area contributed by atoms with Gasteiger partial charge >= 0.3 is 12.0 Å². The molecule has 0 aromatic heterocycles. The highest BCUT2D eigenvalue weighted by molar-refractivity contribution is 5.82. The number of hydrogen-bond donors (Lipinski definition) is 1. The maximum absolute atomic E-state index is 12.5. The first kappa shape index (κ1) is 15.1. The van der Waals surface area contributed by atoms with Gasteiger partial charge in [0, 0.05) is 20.1 Å². The van der Waals surface area contributed by atoms with Crippen LogP contribution in [-0.2, 0) is 4.79 Å². The summed E-state index contributed by atoms with van der Waals surface area (Å²) in [5.41, 5.74) is 0. The van der Waals surface area contributed by atoms with Crippen molar-refractivity contribution in [2.24, 2.45) is 5.92 Å². The number of carboxylic acids is 1. The van der Waals surface area contributed by atoms with Crippen LogP contribution in [0.1, 0.15) is 51.4 Å². The third-order valence-electron chi connectivity index (χ3n) is 4.62. The SMILES string of the molecule is CN(CC1CCCCC1)C(=O)N1CCCCC1C(=O)O. The van der Waals surface area contributed by atoms with Crippen LogP contribution in [0.15, 0.2) is 0 Å². The molecule has 2 rings (SSSR count). The Balaban J connectivity index is 1.92. The molecular formula is C15H26N2O3. The van der Waals surface area contributed by atoms with Crippen molar-refractivity contribution in [2.75, 3.05) is 20.1 Å². The van der Waals surface area contributed by atoms with E-state index >= 15 is 0 Å². The lowest BCUT2D eigenvalue weighted by molar-refractivity contribution is -0.143. The molecule has 2 aliphatic rings. The number of hydrogen-bond acceptors (Lipinski definition) is 2. The highest BCUT2D eigenvalue weighted by Crippen LogP contribution is 2.25. The lowest BCUT2D eigenvalue weighted by Crippen LogP contribution is -2.53. The Hall–Kier alpha value is -1.26. The van der Waals surface area contributed by atoms with Gasteiger partial charge < -0.3 is 14.9 Å². The van der Waals surface area contributed by atoms with Crippen LogP contribution in [0.25, 0.3) is 0 Å². The van der Waals surface area contributed by atoms with Crippen molar-refractivity contribution in [1.29, 1.82) is 0 Å². The molecule has 1 heterocycles. The molecule has 1 unspecified atom stereocenters. The molecular weight excluding hydrogens is 256 g/mol. The van der Waals surface area contributed by atoms with Gasteiger partial charge in [0.15, 0.2) is 0 Å². The molecule has 1 aliphatic carbocycles. The van der Waals surface area contributed by atoms with Gasteiger partial charge in [-0.15, -0.1) is 0 Å². The van der Waals surface area contributed by atoms with Gasteiger partial charge in [-0.25, -0.2) is 9.59 Å². The van der Waals surface area contributed by atoms with Crippen LogP contribution >= 0.6 is 0 Å². The zero-order valence-electron chi connectivity index (χ0n) is 12.4. The molecule has 5 heteroatoms. The fourth-order valence-corrected chi connectivity index (χ4v) is 3.47. The second-order valence-corrected chi connectivity index (χ2v) is 6.21. The van der Waals surface area contributed by atoms with E-state index in [0.717, 1.165) is 19.4 Å². The number of aliphatic carboxylic acids is 1. The minimum Gasteiger partial charge on any atom is -0.480 e. The van der Waals surface area contributed by atoms with Gasteiger partial charge in [-0.05, 0) is 38.0 Å². The van der Waals surface area contributed by atoms with Crippen LogP contribution in [-0.4, -0.2) is 53.1 Å². The summed E-state index contributed by atoms with van der Waals surface area (Å²) >= 11 is 0. The summed E-state index contributed by atoms with van der Waals surface area (Å²) in [5.74, 6) is -0.283. The smallest absolute Gasteiger partial charge is 0.326 e. The van der Waals surface area contributed by atoms with Gasteiger partial charge in [0.1, 0.15) is 6.04 Å². The summed E-state index contributed by atoms with van der Waals surface area (Å²) in [4.78, 5) is 27.0. The quantitative estimate of drug-likeness (QED) is 0.865. The third kappa shape index (κ3) is 3.64. The van der Waals surface area contributed by atoms with Crippen molar-refractivity contribution >= 4 is 12.0 Å². The van der Waals surface area contributed by atoms with Crippen LogP contribution < -0.4 is 0 Å². The fourth-order valence-electron chi connectivity index (χ4n) is 3.47. The van der Waals surface area contributed by atoms with E-state index in [1.54, 1.807) is 9.80 Å². The van der Waals surface area contributed by atoms with E-state index in [-0.39, 0.29) is 6.03 Å². The van der Waals surface area contributed by atoms with Crippen LogP contribution in [0.4, 0.5) is 4.79 Å². The van der Waals surface area contributed by atoms with E-state index in [1.807, 2.05) is 7.05 Å². The van der Waals surface area contributed by atoms with E-state index in [0.29, 0.717) is 18.9 Å². The minimum atomic E-state index is -0.871. The average molecular weight is 282 g/mol. The molecule has 20 heavy (non-hydrogen) atoms. The predicted molar refractivity (Wildman–Crippen MR) is 76.6 cm³/mol. The number of carboxylic acid groups (broad SMARTS) is 1. The second-order valence-electron chi connectivity index (χ2n) is 6.21. The van der Waals surface area contributed by atoms with E-state index in [9.17, 15) is 14.7 Å². The largest absolute Gasteiger partial charge is 0.480 e. The van der Waals surface area contributed by atoms with Gasteiger partial charge in [-0.3, -0.25) is 0 Å². The summed E-state index contributed by atoms with van der Waals surface area (Å²) < 4.78 is 0. The Morgan fingerprint density at radius 3 is 2.40 bits per heavy atom. The van der Waals surface area contributed by atoms with Crippen molar-refractivity contribution in [2.45, 2.75) is 57.4 Å². The zero-order chi connectivity index (χ0) is 14.5. The van der Waals surface area contributed by atoms with Crippen molar-refractivity contribution in [1.82, 2.24) is 9.80 Å². The third-order valence-corrected chi connectivity index (χ3v) is 4.62. The second kappa shape index (κ2) is 6.95. The molecule has 114 valence electrons.